The van der Waals surface area contributed by atoms with Crippen LogP contribution in [0.5, 0.6) is 5.75 Å². The standard InChI is InChI=1S/C22H20FN5O3S/c1-2-4-15-11-20(29)26-22(24-15)28-19(12-17(27-28)18-5-3-10-32-18)25-21(30)13-31-16-8-6-14(23)7-9-16/h3,5-12H,2,4,13H2,1H3,(H,25,30)(H,24,26,29). The molecule has 0 saturated heterocycles. The fourth-order valence-electron chi connectivity index (χ4n) is 3.01. The van der Waals surface area contributed by atoms with Crippen LogP contribution in [-0.2, 0) is 11.2 Å². The molecule has 2 N–H and O–H groups in total. The predicted octanol–water partition coefficient (Wildman–Crippen LogP) is 3.79. The number of aromatic nitrogens is 4. The predicted molar refractivity (Wildman–Crippen MR) is 120 cm³/mol. The quantitative estimate of drug-likeness (QED) is 0.423. The summed E-state index contributed by atoms with van der Waals surface area (Å²) >= 11 is 1.50. The van der Waals surface area contributed by atoms with Crippen molar-refractivity contribution in [1.29, 1.82) is 0 Å². The van der Waals surface area contributed by atoms with Gasteiger partial charge in [0, 0.05) is 17.8 Å². The highest BCUT2D eigenvalue weighted by Gasteiger charge is 2.17. The number of anilines is 1. The van der Waals surface area contributed by atoms with Gasteiger partial charge in [0.25, 0.3) is 11.5 Å². The van der Waals surface area contributed by atoms with Gasteiger partial charge in [-0.25, -0.2) is 9.37 Å². The summed E-state index contributed by atoms with van der Waals surface area (Å²) in [4.78, 5) is 32.7. The second-order valence-electron chi connectivity index (χ2n) is 6.91. The van der Waals surface area contributed by atoms with Crippen LogP contribution in [0.15, 0.2) is 58.7 Å². The Bertz CT molecular complexity index is 1270. The Kier molecular flexibility index (Phi) is 6.41. The lowest BCUT2D eigenvalue weighted by atomic mass is 10.2. The number of aromatic amines is 1. The molecule has 32 heavy (non-hydrogen) atoms. The molecule has 0 aliphatic rings. The summed E-state index contributed by atoms with van der Waals surface area (Å²) in [6.45, 7) is 1.71. The molecule has 8 nitrogen and oxygen atoms in total. The largest absolute Gasteiger partial charge is 0.484 e. The Labute approximate surface area is 186 Å². The molecule has 10 heteroatoms. The lowest BCUT2D eigenvalue weighted by molar-refractivity contribution is -0.118. The van der Waals surface area contributed by atoms with Gasteiger partial charge in [0.15, 0.2) is 6.61 Å². The number of rotatable bonds is 8. The Morgan fingerprint density at radius 1 is 1.25 bits per heavy atom. The molecule has 0 bridgehead atoms. The molecule has 0 radical (unpaired) electrons. The molecule has 3 heterocycles. The fourth-order valence-corrected chi connectivity index (χ4v) is 3.69. The maximum atomic E-state index is 13.0. The molecule has 1 aromatic carbocycles. The van der Waals surface area contributed by atoms with Gasteiger partial charge in [0.05, 0.1) is 4.88 Å². The zero-order valence-electron chi connectivity index (χ0n) is 17.2. The molecule has 1 amide bonds. The lowest BCUT2D eigenvalue weighted by Crippen LogP contribution is -2.23. The van der Waals surface area contributed by atoms with Crippen molar-refractivity contribution in [2.24, 2.45) is 0 Å². The van der Waals surface area contributed by atoms with E-state index in [1.807, 2.05) is 24.4 Å². The number of carbonyl (C=O) groups excluding carboxylic acids is 1. The smallest absolute Gasteiger partial charge is 0.263 e. The van der Waals surface area contributed by atoms with Gasteiger partial charge in [-0.3, -0.25) is 14.6 Å². The van der Waals surface area contributed by atoms with E-state index in [1.165, 1.54) is 46.4 Å². The molecule has 3 aromatic heterocycles. The summed E-state index contributed by atoms with van der Waals surface area (Å²) in [5.41, 5.74) is 0.957. The van der Waals surface area contributed by atoms with Crippen LogP contribution in [0, 0.1) is 5.82 Å². The molecule has 0 fully saturated rings. The van der Waals surface area contributed by atoms with E-state index in [-0.39, 0.29) is 18.1 Å². The number of H-pyrrole nitrogens is 1. The van der Waals surface area contributed by atoms with E-state index in [0.717, 1.165) is 11.3 Å². The topological polar surface area (TPSA) is 102 Å². The van der Waals surface area contributed by atoms with Crippen LogP contribution in [0.1, 0.15) is 19.0 Å². The van der Waals surface area contributed by atoms with Gasteiger partial charge < -0.3 is 10.1 Å². The summed E-state index contributed by atoms with van der Waals surface area (Å²) in [7, 11) is 0. The van der Waals surface area contributed by atoms with Crippen molar-refractivity contribution in [3.63, 3.8) is 0 Å². The first kappa shape index (κ1) is 21.4. The number of hydrogen-bond donors (Lipinski definition) is 2. The molecule has 0 unspecified atom stereocenters. The Morgan fingerprint density at radius 2 is 2.06 bits per heavy atom. The number of benzene rings is 1. The number of thiophene rings is 1. The minimum absolute atomic E-state index is 0.207. The van der Waals surface area contributed by atoms with Gasteiger partial charge in [-0.15, -0.1) is 11.3 Å². The molecular weight excluding hydrogens is 433 g/mol. The molecule has 0 spiro atoms. The Morgan fingerprint density at radius 3 is 2.78 bits per heavy atom. The molecule has 164 valence electrons. The van der Waals surface area contributed by atoms with Crippen molar-refractivity contribution in [2.75, 3.05) is 11.9 Å². The first-order chi connectivity index (χ1) is 15.5. The number of aryl methyl sites for hydroxylation is 1. The van der Waals surface area contributed by atoms with Crippen LogP contribution in [0.25, 0.3) is 16.5 Å². The van der Waals surface area contributed by atoms with E-state index in [2.05, 4.69) is 20.4 Å². The van der Waals surface area contributed by atoms with Crippen LogP contribution < -0.4 is 15.6 Å². The number of nitrogens with one attached hydrogen (secondary N) is 2. The van der Waals surface area contributed by atoms with Crippen molar-refractivity contribution >= 4 is 23.1 Å². The summed E-state index contributed by atoms with van der Waals surface area (Å²) in [6, 6.07) is 12.3. The molecular formula is C22H20FN5O3S. The zero-order chi connectivity index (χ0) is 22.5. The third kappa shape index (κ3) is 5.09. The lowest BCUT2D eigenvalue weighted by Gasteiger charge is -2.10. The number of amides is 1. The van der Waals surface area contributed by atoms with Crippen molar-refractivity contribution in [1.82, 2.24) is 19.7 Å². The monoisotopic (exact) mass is 453 g/mol. The zero-order valence-corrected chi connectivity index (χ0v) is 18.0. The molecule has 0 aliphatic carbocycles. The van der Waals surface area contributed by atoms with Gasteiger partial charge in [-0.2, -0.15) is 9.78 Å². The highest BCUT2D eigenvalue weighted by atomic mass is 32.1. The molecule has 4 rings (SSSR count). The number of nitrogens with zero attached hydrogens (tertiary/aromatic N) is 3. The number of hydrogen-bond acceptors (Lipinski definition) is 6. The second kappa shape index (κ2) is 9.56. The van der Waals surface area contributed by atoms with Crippen molar-refractivity contribution in [2.45, 2.75) is 19.8 Å². The van der Waals surface area contributed by atoms with Crippen LogP contribution >= 0.6 is 11.3 Å². The third-order valence-corrected chi connectivity index (χ3v) is 5.32. The minimum atomic E-state index is -0.444. The van der Waals surface area contributed by atoms with Gasteiger partial charge >= 0.3 is 0 Å². The average molecular weight is 453 g/mol. The number of halogens is 1. The maximum absolute atomic E-state index is 13.0. The van der Waals surface area contributed by atoms with E-state index in [1.54, 1.807) is 6.07 Å². The maximum Gasteiger partial charge on any atom is 0.263 e. The van der Waals surface area contributed by atoms with Crippen LogP contribution in [0.2, 0.25) is 0 Å². The fraction of sp³-hybridized carbons (Fsp3) is 0.182. The second-order valence-corrected chi connectivity index (χ2v) is 7.85. The summed E-state index contributed by atoms with van der Waals surface area (Å²) in [5, 5.41) is 9.21. The number of carbonyl (C=O) groups is 1. The van der Waals surface area contributed by atoms with Crippen LogP contribution in [0.4, 0.5) is 10.2 Å². The molecule has 0 atom stereocenters. The third-order valence-electron chi connectivity index (χ3n) is 4.42. The van der Waals surface area contributed by atoms with Crippen LogP contribution in [-0.4, -0.2) is 32.3 Å². The summed E-state index contributed by atoms with van der Waals surface area (Å²) < 4.78 is 19.8. The average Bonchev–Trinajstić information content (AvgIpc) is 3.43. The van der Waals surface area contributed by atoms with Crippen LogP contribution in [0.3, 0.4) is 0 Å². The van der Waals surface area contributed by atoms with Gasteiger partial charge in [0.1, 0.15) is 23.1 Å². The van der Waals surface area contributed by atoms with Crippen molar-refractivity contribution in [3.05, 3.63) is 75.8 Å². The Hall–Kier alpha value is -3.79. The number of ether oxygens (including phenoxy) is 1. The molecule has 0 aliphatic heterocycles. The molecule has 0 saturated carbocycles. The van der Waals surface area contributed by atoms with Crippen molar-refractivity contribution in [3.8, 4) is 22.3 Å². The Balaban J connectivity index is 1.61. The molecule has 4 aromatic rings. The highest BCUT2D eigenvalue weighted by molar-refractivity contribution is 7.13. The van der Waals surface area contributed by atoms with E-state index >= 15 is 0 Å². The highest BCUT2D eigenvalue weighted by Crippen LogP contribution is 2.27. The minimum Gasteiger partial charge on any atom is -0.484 e. The van der Waals surface area contributed by atoms with E-state index in [0.29, 0.717) is 29.4 Å². The van der Waals surface area contributed by atoms with Gasteiger partial charge in [-0.1, -0.05) is 19.4 Å². The van der Waals surface area contributed by atoms with Gasteiger partial charge in [0.2, 0.25) is 5.95 Å². The first-order valence-electron chi connectivity index (χ1n) is 9.94. The van der Waals surface area contributed by atoms with E-state index < -0.39 is 11.7 Å². The normalized spacial score (nSPS) is 10.8. The SMILES string of the molecule is CCCc1cc(=O)[nH]c(-n2nc(-c3cccs3)cc2NC(=O)COc2ccc(F)cc2)n1. The van der Waals surface area contributed by atoms with E-state index in [9.17, 15) is 14.0 Å². The van der Waals surface area contributed by atoms with E-state index in [4.69, 9.17) is 4.74 Å². The first-order valence-corrected chi connectivity index (χ1v) is 10.8. The summed E-state index contributed by atoms with van der Waals surface area (Å²) in [6.07, 6.45) is 1.48. The van der Waals surface area contributed by atoms with Gasteiger partial charge in [-0.05, 0) is 42.1 Å². The summed E-state index contributed by atoms with van der Waals surface area (Å²) in [5.74, 6) is 0.0721. The van der Waals surface area contributed by atoms with Crippen molar-refractivity contribution < 1.29 is 13.9 Å².